The molecule has 3 heterocycles. The third-order valence-corrected chi connectivity index (χ3v) is 4.89. The van der Waals surface area contributed by atoms with Crippen molar-refractivity contribution in [2.45, 2.75) is 32.6 Å². The number of amides is 1. The molecule has 0 radical (unpaired) electrons. The Morgan fingerprint density at radius 3 is 2.74 bits per heavy atom. The molecule has 0 unspecified atom stereocenters. The SMILES string of the molecule is CC(C)(C)c1cc(C(=O)N2C[C@H]3COCC[C@@]3(C(=O)O)C2)no1. The van der Waals surface area contributed by atoms with E-state index >= 15 is 0 Å². The van der Waals surface area contributed by atoms with E-state index in [2.05, 4.69) is 5.16 Å². The molecular formula is C16H22N2O5. The Hall–Kier alpha value is -1.89. The van der Waals surface area contributed by atoms with Crippen LogP contribution >= 0.6 is 0 Å². The highest BCUT2D eigenvalue weighted by molar-refractivity contribution is 5.93. The molecular weight excluding hydrogens is 300 g/mol. The van der Waals surface area contributed by atoms with Gasteiger partial charge >= 0.3 is 5.97 Å². The van der Waals surface area contributed by atoms with Gasteiger partial charge in [-0.05, 0) is 6.42 Å². The highest BCUT2D eigenvalue weighted by atomic mass is 16.5. The minimum atomic E-state index is -0.898. The maximum atomic E-state index is 12.7. The van der Waals surface area contributed by atoms with Gasteiger partial charge in [-0.3, -0.25) is 9.59 Å². The Balaban J connectivity index is 1.81. The number of hydrogen-bond acceptors (Lipinski definition) is 5. The lowest BCUT2D eigenvalue weighted by molar-refractivity contribution is -0.157. The van der Waals surface area contributed by atoms with Gasteiger partial charge in [-0.15, -0.1) is 0 Å². The van der Waals surface area contributed by atoms with Crippen molar-refractivity contribution in [2.75, 3.05) is 26.3 Å². The molecule has 1 aromatic heterocycles. The third kappa shape index (κ3) is 2.63. The van der Waals surface area contributed by atoms with Gasteiger partial charge in [-0.1, -0.05) is 25.9 Å². The van der Waals surface area contributed by atoms with Crippen molar-refractivity contribution in [2.24, 2.45) is 11.3 Å². The number of rotatable bonds is 2. The van der Waals surface area contributed by atoms with Gasteiger partial charge in [0.2, 0.25) is 0 Å². The average Bonchev–Trinajstić information content (AvgIpc) is 3.11. The molecule has 2 atom stereocenters. The quantitative estimate of drug-likeness (QED) is 0.887. The second-order valence-corrected chi connectivity index (χ2v) is 7.50. The summed E-state index contributed by atoms with van der Waals surface area (Å²) in [7, 11) is 0. The van der Waals surface area contributed by atoms with Gasteiger partial charge in [0.15, 0.2) is 5.69 Å². The number of hydrogen-bond donors (Lipinski definition) is 1. The van der Waals surface area contributed by atoms with E-state index in [1.54, 1.807) is 11.0 Å². The third-order valence-electron chi connectivity index (χ3n) is 4.89. The van der Waals surface area contributed by atoms with Crippen molar-refractivity contribution in [3.63, 3.8) is 0 Å². The van der Waals surface area contributed by atoms with Gasteiger partial charge in [0, 0.05) is 37.1 Å². The molecule has 0 bridgehead atoms. The molecule has 1 N–H and O–H groups in total. The first kappa shape index (κ1) is 16.0. The van der Waals surface area contributed by atoms with Gasteiger partial charge in [-0.2, -0.15) is 0 Å². The molecule has 2 aliphatic rings. The molecule has 23 heavy (non-hydrogen) atoms. The second kappa shape index (κ2) is 5.33. The number of aromatic nitrogens is 1. The minimum Gasteiger partial charge on any atom is -0.481 e. The summed E-state index contributed by atoms with van der Waals surface area (Å²) in [5.74, 6) is -0.670. The van der Waals surface area contributed by atoms with Crippen molar-refractivity contribution in [3.8, 4) is 0 Å². The number of carbonyl (C=O) groups excluding carboxylic acids is 1. The van der Waals surface area contributed by atoms with Gasteiger partial charge < -0.3 is 19.3 Å². The Labute approximate surface area is 134 Å². The van der Waals surface area contributed by atoms with Gasteiger partial charge in [0.05, 0.1) is 12.0 Å². The fraction of sp³-hybridized carbons (Fsp3) is 0.688. The van der Waals surface area contributed by atoms with Crippen LogP contribution in [0.5, 0.6) is 0 Å². The largest absolute Gasteiger partial charge is 0.481 e. The molecule has 0 spiro atoms. The molecule has 7 heteroatoms. The van der Waals surface area contributed by atoms with E-state index in [9.17, 15) is 14.7 Å². The van der Waals surface area contributed by atoms with E-state index < -0.39 is 11.4 Å². The summed E-state index contributed by atoms with van der Waals surface area (Å²) in [6.07, 6.45) is 0.433. The van der Waals surface area contributed by atoms with E-state index in [1.165, 1.54) is 0 Å². The fourth-order valence-corrected chi connectivity index (χ4v) is 3.35. The van der Waals surface area contributed by atoms with E-state index in [0.717, 1.165) is 0 Å². The topological polar surface area (TPSA) is 92.9 Å². The summed E-state index contributed by atoms with van der Waals surface area (Å²) >= 11 is 0. The van der Waals surface area contributed by atoms with Crippen LogP contribution in [-0.2, 0) is 14.9 Å². The van der Waals surface area contributed by atoms with Crippen molar-refractivity contribution in [1.29, 1.82) is 0 Å². The van der Waals surface area contributed by atoms with E-state index in [1.807, 2.05) is 20.8 Å². The monoisotopic (exact) mass is 322 g/mol. The molecule has 126 valence electrons. The predicted octanol–water partition coefficient (Wildman–Crippen LogP) is 1.54. The summed E-state index contributed by atoms with van der Waals surface area (Å²) in [4.78, 5) is 26.0. The van der Waals surface area contributed by atoms with Crippen LogP contribution in [-0.4, -0.2) is 53.3 Å². The van der Waals surface area contributed by atoms with Crippen LogP contribution < -0.4 is 0 Å². The molecule has 2 aliphatic heterocycles. The first-order valence-electron chi connectivity index (χ1n) is 7.82. The molecule has 1 amide bonds. The van der Waals surface area contributed by atoms with Crippen molar-refractivity contribution < 1.29 is 24.0 Å². The molecule has 0 aliphatic carbocycles. The summed E-state index contributed by atoms with van der Waals surface area (Å²) in [6.45, 7) is 7.30. The summed E-state index contributed by atoms with van der Waals surface area (Å²) < 4.78 is 10.7. The molecule has 2 fully saturated rings. The van der Waals surface area contributed by atoms with E-state index in [4.69, 9.17) is 9.26 Å². The zero-order valence-corrected chi connectivity index (χ0v) is 13.7. The van der Waals surface area contributed by atoms with Crippen LogP contribution in [0, 0.1) is 11.3 Å². The normalized spacial score (nSPS) is 27.8. The maximum Gasteiger partial charge on any atom is 0.311 e. The smallest absolute Gasteiger partial charge is 0.311 e. The number of carboxylic acid groups (broad SMARTS) is 1. The Morgan fingerprint density at radius 1 is 1.43 bits per heavy atom. The van der Waals surface area contributed by atoms with Crippen LogP contribution in [0.2, 0.25) is 0 Å². The molecule has 2 saturated heterocycles. The second-order valence-electron chi connectivity index (χ2n) is 7.50. The van der Waals surface area contributed by atoms with Crippen LogP contribution in [0.4, 0.5) is 0 Å². The number of aliphatic carboxylic acids is 1. The van der Waals surface area contributed by atoms with Crippen LogP contribution in [0.1, 0.15) is 43.4 Å². The lowest BCUT2D eigenvalue weighted by Crippen LogP contribution is -2.45. The molecule has 0 aromatic carbocycles. The lowest BCUT2D eigenvalue weighted by atomic mass is 9.74. The Bertz CT molecular complexity index is 633. The van der Waals surface area contributed by atoms with E-state index in [0.29, 0.717) is 31.9 Å². The highest BCUT2D eigenvalue weighted by Gasteiger charge is 2.55. The molecule has 7 nitrogen and oxygen atoms in total. The number of fused-ring (bicyclic) bond motifs is 1. The summed E-state index contributed by atoms with van der Waals surface area (Å²) in [5.41, 5.74) is -0.902. The van der Waals surface area contributed by atoms with Crippen molar-refractivity contribution in [1.82, 2.24) is 10.1 Å². The number of likely N-dealkylation sites (tertiary alicyclic amines) is 1. The first-order valence-corrected chi connectivity index (χ1v) is 7.82. The standard InChI is InChI=1S/C16H22N2O5/c1-15(2,3)12-6-11(17-23-12)13(19)18-7-10-8-22-5-4-16(10,9-18)14(20)21/h6,10H,4-5,7-9H2,1-3H3,(H,20,21)/t10-,16+/m0/s1. The number of carboxylic acids is 1. The van der Waals surface area contributed by atoms with E-state index in [-0.39, 0.29) is 29.5 Å². The number of ether oxygens (including phenoxy) is 1. The van der Waals surface area contributed by atoms with Gasteiger partial charge in [0.1, 0.15) is 5.76 Å². The zero-order chi connectivity index (χ0) is 16.8. The average molecular weight is 322 g/mol. The molecule has 3 rings (SSSR count). The molecule has 1 aromatic rings. The fourth-order valence-electron chi connectivity index (χ4n) is 3.35. The van der Waals surface area contributed by atoms with Crippen molar-refractivity contribution in [3.05, 3.63) is 17.5 Å². The van der Waals surface area contributed by atoms with Crippen molar-refractivity contribution >= 4 is 11.9 Å². The van der Waals surface area contributed by atoms with Crippen LogP contribution in [0.25, 0.3) is 0 Å². The highest BCUT2D eigenvalue weighted by Crippen LogP contribution is 2.42. The summed E-state index contributed by atoms with van der Waals surface area (Å²) in [6, 6.07) is 1.65. The van der Waals surface area contributed by atoms with Crippen LogP contribution in [0.15, 0.2) is 10.6 Å². The first-order chi connectivity index (χ1) is 10.7. The Kier molecular flexibility index (Phi) is 3.71. The van der Waals surface area contributed by atoms with Crippen LogP contribution in [0.3, 0.4) is 0 Å². The maximum absolute atomic E-state index is 12.7. The van der Waals surface area contributed by atoms with Gasteiger partial charge in [0.25, 0.3) is 5.91 Å². The number of carbonyl (C=O) groups is 2. The number of nitrogens with zero attached hydrogens (tertiary/aromatic N) is 2. The molecule has 0 saturated carbocycles. The van der Waals surface area contributed by atoms with Gasteiger partial charge in [-0.25, -0.2) is 0 Å². The lowest BCUT2D eigenvalue weighted by Gasteiger charge is -2.33. The zero-order valence-electron chi connectivity index (χ0n) is 13.7. The summed E-state index contributed by atoms with van der Waals surface area (Å²) in [5, 5.41) is 13.5. The predicted molar refractivity (Wildman–Crippen MR) is 80.1 cm³/mol. The minimum absolute atomic E-state index is 0.174. The Morgan fingerprint density at radius 2 is 2.17 bits per heavy atom.